The predicted molar refractivity (Wildman–Crippen MR) is 256 cm³/mol. The van der Waals surface area contributed by atoms with E-state index in [0.29, 0.717) is 17.4 Å². The molecule has 0 aliphatic heterocycles. The molecule has 63 heavy (non-hydrogen) atoms. The number of esters is 2. The minimum absolute atomic E-state index is 0.0344. The summed E-state index contributed by atoms with van der Waals surface area (Å²) in [4.78, 5) is 35.5. The highest BCUT2D eigenvalue weighted by Gasteiger charge is 2.27. The highest BCUT2D eigenvalue weighted by molar-refractivity contribution is 7.47. The lowest BCUT2D eigenvalue weighted by Gasteiger charge is -2.24. The highest BCUT2D eigenvalue weighted by atomic mass is 31.2. The van der Waals surface area contributed by atoms with Crippen LogP contribution < -0.4 is 0 Å². The van der Waals surface area contributed by atoms with E-state index in [1.807, 2.05) is 21.1 Å². The second-order valence-electron chi connectivity index (χ2n) is 17.7. The fraction of sp³-hybridized carbons (Fsp3) is 0.760. The van der Waals surface area contributed by atoms with Crippen LogP contribution in [-0.4, -0.2) is 109 Å². The molecule has 0 aliphatic rings. The van der Waals surface area contributed by atoms with Gasteiger partial charge >= 0.3 is 19.8 Å². The number of quaternary nitrogens is 1. The van der Waals surface area contributed by atoms with Crippen LogP contribution in [0.2, 0.25) is 0 Å². The number of phosphoric acid groups is 1. The Bertz CT molecular complexity index is 1310. The maximum atomic E-state index is 12.8. The average Bonchev–Trinajstić information content (AvgIpc) is 3.23. The number of rotatable bonds is 43. The van der Waals surface area contributed by atoms with Gasteiger partial charge in [0.1, 0.15) is 19.8 Å². The Morgan fingerprint density at radius 3 is 1.68 bits per heavy atom. The lowest BCUT2D eigenvalue weighted by molar-refractivity contribution is -0.870. The predicted octanol–water partition coefficient (Wildman–Crippen LogP) is 10.9. The first-order chi connectivity index (χ1) is 30.2. The zero-order chi connectivity index (χ0) is 46.9. The molecule has 0 heterocycles. The van der Waals surface area contributed by atoms with Crippen LogP contribution in [0.5, 0.6) is 0 Å². The molecular formula is C50H91NO11P+. The summed E-state index contributed by atoms with van der Waals surface area (Å²) in [7, 11) is 1.25. The number of likely N-dealkylation sites (N-methyl/N-ethyl adjacent to an activating group) is 1. The molecule has 0 spiro atoms. The van der Waals surface area contributed by atoms with Crippen molar-refractivity contribution in [1.29, 1.82) is 0 Å². The zero-order valence-electron chi connectivity index (χ0n) is 40.1. The number of nitrogens with zero attached hydrogens (tertiary/aromatic N) is 1. The van der Waals surface area contributed by atoms with Gasteiger partial charge in [0.15, 0.2) is 6.10 Å². The van der Waals surface area contributed by atoms with Gasteiger partial charge in [0.2, 0.25) is 0 Å². The first-order valence-corrected chi connectivity index (χ1v) is 25.8. The summed E-state index contributed by atoms with van der Waals surface area (Å²) in [6.07, 6.45) is 39.2. The summed E-state index contributed by atoms with van der Waals surface area (Å²) in [5.41, 5.74) is 0. The van der Waals surface area contributed by atoms with Crippen molar-refractivity contribution in [3.05, 3.63) is 60.8 Å². The van der Waals surface area contributed by atoms with Gasteiger partial charge in [0.05, 0.1) is 46.1 Å². The average molecular weight is 913 g/mol. The van der Waals surface area contributed by atoms with E-state index in [9.17, 15) is 34.4 Å². The second kappa shape index (κ2) is 41.1. The highest BCUT2D eigenvalue weighted by Crippen LogP contribution is 2.43. The van der Waals surface area contributed by atoms with Crippen molar-refractivity contribution in [2.75, 3.05) is 47.5 Å². The van der Waals surface area contributed by atoms with E-state index >= 15 is 0 Å². The number of phosphoric ester groups is 1. The van der Waals surface area contributed by atoms with Gasteiger partial charge in [-0.05, 0) is 51.4 Å². The number of aliphatic hydroxyl groups excluding tert-OH is 3. The van der Waals surface area contributed by atoms with Crippen molar-refractivity contribution in [1.82, 2.24) is 0 Å². The van der Waals surface area contributed by atoms with Gasteiger partial charge in [0, 0.05) is 12.8 Å². The fourth-order valence-corrected chi connectivity index (χ4v) is 7.13. The van der Waals surface area contributed by atoms with Crippen LogP contribution in [-0.2, 0) is 32.7 Å². The Morgan fingerprint density at radius 1 is 0.587 bits per heavy atom. The summed E-state index contributed by atoms with van der Waals surface area (Å²) in [5.74, 6) is -1.13. The molecule has 0 aromatic carbocycles. The molecule has 0 amide bonds. The van der Waals surface area contributed by atoms with Crippen LogP contribution in [0.1, 0.15) is 174 Å². The van der Waals surface area contributed by atoms with E-state index in [1.165, 1.54) is 89.5 Å². The monoisotopic (exact) mass is 913 g/mol. The van der Waals surface area contributed by atoms with Gasteiger partial charge in [-0.25, -0.2) is 4.57 Å². The largest absolute Gasteiger partial charge is 0.472 e. The van der Waals surface area contributed by atoms with Crippen molar-refractivity contribution in [2.45, 2.75) is 199 Å². The minimum Gasteiger partial charge on any atom is -0.462 e. The van der Waals surface area contributed by atoms with Crippen LogP contribution in [0.4, 0.5) is 0 Å². The standard InChI is InChI=1S/C50H90NO11P/c1-6-8-10-11-12-13-14-15-16-17-18-19-20-21-22-23-24-29-33-39-49(55)59-43-46(44-61-63(57,58)60-42-41-51(3,4)5)62-50(56)40-34-38-48(54)47(53)37-32-28-26-25-27-31-36-45(52)35-30-9-7-2/h15-16,25-28,31-32,36-37,45-48,52-54H,6-14,17-24,29-30,33-35,38-44H2,1-5H3/p+1/b16-15-,27-25-,28-26+,36-31+,37-32+/t45-,46+,47-,48-/m0/s1. The maximum Gasteiger partial charge on any atom is 0.472 e. The quantitative estimate of drug-likeness (QED) is 0.0115. The molecule has 0 saturated heterocycles. The van der Waals surface area contributed by atoms with E-state index in [4.69, 9.17) is 18.5 Å². The SMILES string of the molecule is CCCCCCCC/C=C\CCCCCCCCCCCC(=O)OC[C@H](COP(=O)(O)OCC[N+](C)(C)C)OC(=O)CCC[C@H](O)[C@@H](O)/C=C/C=C/C=C\C=C\[C@@H](O)CCCCC. The molecule has 0 aromatic rings. The van der Waals surface area contributed by atoms with Crippen molar-refractivity contribution in [2.24, 2.45) is 0 Å². The van der Waals surface area contributed by atoms with Crippen LogP contribution in [0.3, 0.4) is 0 Å². The van der Waals surface area contributed by atoms with Gasteiger partial charge in [-0.15, -0.1) is 0 Å². The summed E-state index contributed by atoms with van der Waals surface area (Å²) in [5, 5.41) is 30.6. The molecule has 5 atom stereocenters. The number of hydrogen-bond donors (Lipinski definition) is 4. The first-order valence-electron chi connectivity index (χ1n) is 24.3. The molecule has 12 nitrogen and oxygen atoms in total. The molecule has 0 fully saturated rings. The number of hydrogen-bond acceptors (Lipinski definition) is 10. The molecule has 0 radical (unpaired) electrons. The third-order valence-corrected chi connectivity index (χ3v) is 11.4. The van der Waals surface area contributed by atoms with Crippen molar-refractivity contribution >= 4 is 19.8 Å². The number of carbonyl (C=O) groups excluding carboxylic acids is 2. The molecule has 13 heteroatoms. The van der Waals surface area contributed by atoms with Crippen molar-refractivity contribution in [3.63, 3.8) is 0 Å². The minimum atomic E-state index is -4.48. The third kappa shape index (κ3) is 43.3. The van der Waals surface area contributed by atoms with Crippen LogP contribution in [0.15, 0.2) is 60.8 Å². The Kier molecular flexibility index (Phi) is 39.5. The molecule has 0 aromatic heterocycles. The normalized spacial score (nSPS) is 15.5. The van der Waals surface area contributed by atoms with Gasteiger partial charge in [-0.2, -0.15) is 0 Å². The second-order valence-corrected chi connectivity index (χ2v) is 19.2. The van der Waals surface area contributed by atoms with E-state index < -0.39 is 50.8 Å². The maximum absolute atomic E-state index is 12.8. The zero-order valence-corrected chi connectivity index (χ0v) is 41.0. The van der Waals surface area contributed by atoms with E-state index in [1.54, 1.807) is 42.5 Å². The van der Waals surface area contributed by atoms with Crippen LogP contribution in [0.25, 0.3) is 0 Å². The Hall–Kier alpha value is -2.41. The Balaban J connectivity index is 4.60. The topological polar surface area (TPSA) is 169 Å². The molecule has 0 bridgehead atoms. The third-order valence-electron chi connectivity index (χ3n) is 10.4. The first kappa shape index (κ1) is 60.6. The molecule has 4 N–H and O–H groups in total. The summed E-state index contributed by atoms with van der Waals surface area (Å²) in [6.45, 7) is 3.91. The summed E-state index contributed by atoms with van der Waals surface area (Å²) in [6, 6.07) is 0. The van der Waals surface area contributed by atoms with Gasteiger partial charge < -0.3 is 34.2 Å². The number of carbonyl (C=O) groups is 2. The molecule has 0 saturated carbocycles. The Morgan fingerprint density at radius 2 is 1.10 bits per heavy atom. The molecule has 1 unspecified atom stereocenters. The van der Waals surface area contributed by atoms with Crippen LogP contribution >= 0.6 is 7.82 Å². The number of aliphatic hydroxyl groups is 3. The van der Waals surface area contributed by atoms with Gasteiger partial charge in [-0.1, -0.05) is 171 Å². The molecule has 0 aliphatic carbocycles. The van der Waals surface area contributed by atoms with Crippen LogP contribution in [0, 0.1) is 0 Å². The molecular weight excluding hydrogens is 822 g/mol. The summed E-state index contributed by atoms with van der Waals surface area (Å²) >= 11 is 0. The van der Waals surface area contributed by atoms with E-state index in [-0.39, 0.29) is 38.9 Å². The molecule has 366 valence electrons. The number of unbranched alkanes of at least 4 members (excludes halogenated alkanes) is 17. The molecule has 0 rings (SSSR count). The van der Waals surface area contributed by atoms with Gasteiger partial charge in [0.25, 0.3) is 0 Å². The Labute approximate surface area is 383 Å². The number of allylic oxidation sites excluding steroid dienone is 8. The lowest BCUT2D eigenvalue weighted by atomic mass is 10.1. The fourth-order valence-electron chi connectivity index (χ4n) is 6.39. The lowest BCUT2D eigenvalue weighted by Crippen LogP contribution is -2.37. The number of ether oxygens (including phenoxy) is 2. The van der Waals surface area contributed by atoms with Gasteiger partial charge in [-0.3, -0.25) is 18.6 Å². The smallest absolute Gasteiger partial charge is 0.462 e. The summed E-state index contributed by atoms with van der Waals surface area (Å²) < 4.78 is 34.1. The van der Waals surface area contributed by atoms with E-state index in [0.717, 1.165) is 44.9 Å². The van der Waals surface area contributed by atoms with Crippen molar-refractivity contribution in [3.8, 4) is 0 Å². The van der Waals surface area contributed by atoms with Crippen molar-refractivity contribution < 1.29 is 57.4 Å². The van der Waals surface area contributed by atoms with E-state index in [2.05, 4.69) is 26.0 Å².